The largest absolute Gasteiger partial charge is 0.488 e. The Balaban J connectivity index is 1.27. The number of carbonyl (C=O) groups excluding carboxylic acids is 1. The molecule has 0 unspecified atom stereocenters. The van der Waals surface area contributed by atoms with E-state index in [1.54, 1.807) is 0 Å². The Labute approximate surface area is 153 Å². The molecule has 6 heteroatoms. The number of carboxylic acids is 1. The predicted molar refractivity (Wildman–Crippen MR) is 96.0 cm³/mol. The van der Waals surface area contributed by atoms with E-state index in [4.69, 9.17) is 4.74 Å². The van der Waals surface area contributed by atoms with E-state index in [1.165, 1.54) is 5.56 Å². The minimum atomic E-state index is -0.857. The number of ether oxygens (including phenoxy) is 1. The molecule has 3 atom stereocenters. The second-order valence-corrected chi connectivity index (χ2v) is 8.29. The van der Waals surface area contributed by atoms with E-state index < -0.39 is 17.3 Å². The van der Waals surface area contributed by atoms with Crippen LogP contribution in [0.3, 0.4) is 0 Å². The van der Waals surface area contributed by atoms with Crippen molar-refractivity contribution in [3.05, 3.63) is 29.8 Å². The molecule has 3 aliphatic rings. The van der Waals surface area contributed by atoms with Gasteiger partial charge in [-0.3, -0.25) is 14.5 Å². The van der Waals surface area contributed by atoms with Crippen LogP contribution < -0.4 is 4.74 Å². The monoisotopic (exact) mass is 358 g/mol. The van der Waals surface area contributed by atoms with Crippen LogP contribution in [0, 0.1) is 17.3 Å². The summed E-state index contributed by atoms with van der Waals surface area (Å²) in [4.78, 5) is 28.2. The molecule has 0 spiro atoms. The molecule has 2 fully saturated rings. The first-order valence-corrected chi connectivity index (χ1v) is 9.36. The summed E-state index contributed by atoms with van der Waals surface area (Å²) in [5.74, 6) is -0.781. The molecule has 140 valence electrons. The average molecular weight is 358 g/mol. The Morgan fingerprint density at radius 3 is 2.46 bits per heavy atom. The average Bonchev–Trinajstić information content (AvgIpc) is 2.97. The maximum absolute atomic E-state index is 12.7. The maximum atomic E-state index is 12.7. The van der Waals surface area contributed by atoms with Crippen molar-refractivity contribution in [2.24, 2.45) is 17.3 Å². The highest BCUT2D eigenvalue weighted by molar-refractivity contribution is 5.91. The van der Waals surface area contributed by atoms with Gasteiger partial charge in [0.2, 0.25) is 5.91 Å². The van der Waals surface area contributed by atoms with Gasteiger partial charge in [0.15, 0.2) is 0 Å². The van der Waals surface area contributed by atoms with Crippen LogP contribution in [0.5, 0.6) is 5.75 Å². The van der Waals surface area contributed by atoms with E-state index in [1.807, 2.05) is 36.9 Å². The number of amides is 1. The molecule has 1 amide bonds. The molecular formula is C20H26N2O4. The molecular weight excluding hydrogens is 332 g/mol. The van der Waals surface area contributed by atoms with E-state index in [9.17, 15) is 14.7 Å². The number of carboxylic acid groups (broad SMARTS) is 1. The van der Waals surface area contributed by atoms with Crippen LogP contribution in [0.15, 0.2) is 24.3 Å². The summed E-state index contributed by atoms with van der Waals surface area (Å²) in [7, 11) is 0. The first-order valence-electron chi connectivity index (χ1n) is 9.36. The van der Waals surface area contributed by atoms with Crippen LogP contribution in [-0.2, 0) is 16.0 Å². The molecule has 0 bridgehead atoms. The number of aliphatic carboxylic acids is 1. The molecule has 26 heavy (non-hydrogen) atoms. The second-order valence-electron chi connectivity index (χ2n) is 8.29. The molecule has 0 radical (unpaired) electrons. The fourth-order valence-electron chi connectivity index (χ4n) is 4.55. The molecule has 1 saturated heterocycles. The highest BCUT2D eigenvalue weighted by Gasteiger charge is 2.66. The maximum Gasteiger partial charge on any atom is 0.307 e. The van der Waals surface area contributed by atoms with Gasteiger partial charge in [-0.1, -0.05) is 32.0 Å². The van der Waals surface area contributed by atoms with Crippen LogP contribution in [-0.4, -0.2) is 65.6 Å². The number of rotatable bonds is 4. The summed E-state index contributed by atoms with van der Waals surface area (Å²) in [5.41, 5.74) is 0.839. The molecule has 1 aromatic carbocycles. The quantitative estimate of drug-likeness (QED) is 0.883. The van der Waals surface area contributed by atoms with Gasteiger partial charge in [0.05, 0.1) is 11.8 Å². The number of hydrogen-bond donors (Lipinski definition) is 1. The first-order chi connectivity index (χ1) is 12.4. The van der Waals surface area contributed by atoms with E-state index in [0.717, 1.165) is 31.8 Å². The van der Waals surface area contributed by atoms with Gasteiger partial charge in [0, 0.05) is 39.1 Å². The minimum absolute atomic E-state index is 0.00608. The van der Waals surface area contributed by atoms with Crippen molar-refractivity contribution in [2.45, 2.75) is 26.4 Å². The lowest BCUT2D eigenvalue weighted by Gasteiger charge is -2.36. The van der Waals surface area contributed by atoms with Gasteiger partial charge in [-0.2, -0.15) is 0 Å². The molecule has 1 N–H and O–H groups in total. The minimum Gasteiger partial charge on any atom is -0.488 e. The van der Waals surface area contributed by atoms with Crippen LogP contribution >= 0.6 is 0 Å². The van der Waals surface area contributed by atoms with E-state index >= 15 is 0 Å². The second kappa shape index (κ2) is 6.27. The number of nitrogens with zero attached hydrogens (tertiary/aromatic N) is 2. The highest BCUT2D eigenvalue weighted by atomic mass is 16.5. The van der Waals surface area contributed by atoms with E-state index in [2.05, 4.69) is 11.0 Å². The topological polar surface area (TPSA) is 70.1 Å². The number of carbonyl (C=O) groups is 2. The van der Waals surface area contributed by atoms with Gasteiger partial charge in [0.1, 0.15) is 11.9 Å². The van der Waals surface area contributed by atoms with Gasteiger partial charge >= 0.3 is 5.97 Å². The van der Waals surface area contributed by atoms with Crippen molar-refractivity contribution >= 4 is 11.9 Å². The van der Waals surface area contributed by atoms with Gasteiger partial charge in [-0.25, -0.2) is 0 Å². The fourth-order valence-corrected chi connectivity index (χ4v) is 4.55. The summed E-state index contributed by atoms with van der Waals surface area (Å²) < 4.78 is 6.01. The van der Waals surface area contributed by atoms with E-state index in [-0.39, 0.29) is 17.9 Å². The molecule has 1 saturated carbocycles. The normalized spacial score (nSPS) is 29.8. The fraction of sp³-hybridized carbons (Fsp3) is 0.600. The molecule has 1 aliphatic carbocycles. The standard InChI is InChI=1S/C20H26N2O4/c1-20(2)16(17(20)19(24)25)18(23)22-9-7-21(8-10-22)12-14-11-13-5-3-4-6-15(13)26-14/h3-6,14,16-17H,7-12H2,1-2H3,(H,24,25)/t14-,16+,17+/m0/s1. The zero-order valence-corrected chi connectivity index (χ0v) is 15.4. The lowest BCUT2D eigenvalue weighted by Crippen LogP contribution is -2.51. The van der Waals surface area contributed by atoms with Crippen LogP contribution in [0.2, 0.25) is 0 Å². The Bertz CT molecular complexity index is 699. The lowest BCUT2D eigenvalue weighted by atomic mass is 10.1. The summed E-state index contributed by atoms with van der Waals surface area (Å²) >= 11 is 0. The highest BCUT2D eigenvalue weighted by Crippen LogP contribution is 2.59. The van der Waals surface area contributed by atoms with E-state index in [0.29, 0.717) is 13.1 Å². The number of hydrogen-bond acceptors (Lipinski definition) is 4. The number of benzene rings is 1. The number of fused-ring (bicyclic) bond motifs is 1. The third-order valence-corrected chi connectivity index (χ3v) is 6.22. The van der Waals surface area contributed by atoms with Gasteiger partial charge < -0.3 is 14.7 Å². The Morgan fingerprint density at radius 2 is 1.85 bits per heavy atom. The van der Waals surface area contributed by atoms with Gasteiger partial charge in [0.25, 0.3) is 0 Å². The van der Waals surface area contributed by atoms with Gasteiger partial charge in [-0.05, 0) is 17.0 Å². The first kappa shape index (κ1) is 17.3. The Hall–Kier alpha value is -2.08. The molecule has 0 aromatic heterocycles. The summed E-state index contributed by atoms with van der Waals surface area (Å²) in [5, 5.41) is 9.29. The van der Waals surface area contributed by atoms with Crippen molar-refractivity contribution in [3.8, 4) is 5.75 Å². The van der Waals surface area contributed by atoms with Crippen molar-refractivity contribution < 1.29 is 19.4 Å². The van der Waals surface area contributed by atoms with Crippen LogP contribution in [0.1, 0.15) is 19.4 Å². The van der Waals surface area contributed by atoms with Crippen LogP contribution in [0.25, 0.3) is 0 Å². The zero-order chi connectivity index (χ0) is 18.5. The SMILES string of the molecule is CC1(C)[C@@H](C(=O)O)[C@@H]1C(=O)N1CCN(C[C@@H]2Cc3ccccc3O2)CC1. The Kier molecular flexibility index (Phi) is 4.18. The molecule has 6 nitrogen and oxygen atoms in total. The lowest BCUT2D eigenvalue weighted by molar-refractivity contribution is -0.142. The van der Waals surface area contributed by atoms with Crippen LogP contribution in [0.4, 0.5) is 0 Å². The van der Waals surface area contributed by atoms with Gasteiger partial charge in [-0.15, -0.1) is 0 Å². The molecule has 2 aliphatic heterocycles. The number of para-hydroxylation sites is 1. The molecule has 2 heterocycles. The predicted octanol–water partition coefficient (Wildman–Crippen LogP) is 1.49. The zero-order valence-electron chi connectivity index (χ0n) is 15.4. The third-order valence-electron chi connectivity index (χ3n) is 6.22. The summed E-state index contributed by atoms with van der Waals surface area (Å²) in [6.07, 6.45) is 1.11. The van der Waals surface area contributed by atoms with Crippen molar-refractivity contribution in [1.82, 2.24) is 9.80 Å². The Morgan fingerprint density at radius 1 is 1.15 bits per heavy atom. The smallest absolute Gasteiger partial charge is 0.307 e. The van der Waals surface area contributed by atoms with Crippen molar-refractivity contribution in [2.75, 3.05) is 32.7 Å². The third kappa shape index (κ3) is 2.96. The van der Waals surface area contributed by atoms with Crippen molar-refractivity contribution in [1.29, 1.82) is 0 Å². The van der Waals surface area contributed by atoms with Crippen molar-refractivity contribution in [3.63, 3.8) is 0 Å². The molecule has 4 rings (SSSR count). The summed E-state index contributed by atoms with van der Waals surface area (Å²) in [6.45, 7) is 7.57. The summed E-state index contributed by atoms with van der Waals surface area (Å²) in [6, 6.07) is 8.17. The number of piperazine rings is 1. The molecule has 1 aromatic rings.